The molecular formula is C5H10NO3-. The smallest absolute Gasteiger partial charge is 0.122 e. The molecule has 0 aromatic heterocycles. The summed E-state index contributed by atoms with van der Waals surface area (Å²) in [7, 11) is 1.50. The second-order valence-corrected chi connectivity index (χ2v) is 1.91. The summed E-state index contributed by atoms with van der Waals surface area (Å²) in [5.41, 5.74) is 0. The third-order valence-corrected chi connectivity index (χ3v) is 1.31. The Hall–Kier alpha value is -0.160. The first kappa shape index (κ1) is 6.95. The molecule has 1 rings (SSSR count). The maximum Gasteiger partial charge on any atom is 0.122 e. The average Bonchev–Trinajstić information content (AvgIpc) is 1.89. The molecule has 1 unspecified atom stereocenters. The minimum Gasteiger partial charge on any atom is -0.783 e. The Morgan fingerprint density at radius 1 is 1.78 bits per heavy atom. The molecule has 1 aliphatic heterocycles. The van der Waals surface area contributed by atoms with Crippen molar-refractivity contribution in [2.45, 2.75) is 6.23 Å². The van der Waals surface area contributed by atoms with Crippen molar-refractivity contribution in [3.8, 4) is 0 Å². The molecule has 1 aliphatic rings. The van der Waals surface area contributed by atoms with Gasteiger partial charge in [0.1, 0.15) is 6.23 Å². The lowest BCUT2D eigenvalue weighted by atomic mass is 10.5. The van der Waals surface area contributed by atoms with E-state index in [2.05, 4.69) is 0 Å². The lowest BCUT2D eigenvalue weighted by Crippen LogP contribution is -2.42. The van der Waals surface area contributed by atoms with Crippen LogP contribution in [0.25, 0.3) is 0 Å². The van der Waals surface area contributed by atoms with Gasteiger partial charge in [-0.25, -0.2) is 0 Å². The zero-order valence-corrected chi connectivity index (χ0v) is 5.37. The molecule has 0 spiro atoms. The number of hydrogen-bond donors (Lipinski definition) is 0. The molecule has 0 aliphatic carbocycles. The highest BCUT2D eigenvalue weighted by Crippen LogP contribution is 2.03. The van der Waals surface area contributed by atoms with Crippen molar-refractivity contribution in [2.24, 2.45) is 0 Å². The van der Waals surface area contributed by atoms with Crippen molar-refractivity contribution in [2.75, 3.05) is 26.9 Å². The standard InChI is InChI=1S/C5H10NO3/c1-8-5-4-9-3-2-6(5)7/h5H,2-4H2,1H3/q-1. The van der Waals surface area contributed by atoms with E-state index >= 15 is 0 Å². The van der Waals surface area contributed by atoms with Gasteiger partial charge in [0.15, 0.2) is 0 Å². The number of nitrogens with zero attached hydrogens (tertiary/aromatic N) is 1. The van der Waals surface area contributed by atoms with Crippen LogP contribution in [0.15, 0.2) is 0 Å². The van der Waals surface area contributed by atoms with Crippen molar-refractivity contribution in [1.29, 1.82) is 0 Å². The summed E-state index contributed by atoms with van der Waals surface area (Å²) in [6.07, 6.45) is -0.390. The van der Waals surface area contributed by atoms with E-state index < -0.39 is 6.23 Å². The molecular weight excluding hydrogens is 122 g/mol. The topological polar surface area (TPSA) is 44.8 Å². The minimum absolute atomic E-state index is 0.389. The Labute approximate surface area is 53.9 Å². The average molecular weight is 132 g/mol. The highest BCUT2D eigenvalue weighted by Gasteiger charge is 2.13. The van der Waals surface area contributed by atoms with Crippen molar-refractivity contribution < 1.29 is 9.47 Å². The predicted octanol–water partition coefficient (Wildman–Crippen LogP) is -0.211. The molecule has 0 aromatic rings. The summed E-state index contributed by atoms with van der Waals surface area (Å²) in [6, 6.07) is 0. The van der Waals surface area contributed by atoms with Crippen LogP contribution in [0.2, 0.25) is 0 Å². The Balaban J connectivity index is 2.30. The van der Waals surface area contributed by atoms with Crippen LogP contribution < -0.4 is 0 Å². The second kappa shape index (κ2) is 3.12. The first-order valence-corrected chi connectivity index (χ1v) is 2.89. The molecule has 1 atom stereocenters. The molecule has 0 aromatic carbocycles. The fourth-order valence-corrected chi connectivity index (χ4v) is 0.751. The molecule has 4 heteroatoms. The molecule has 0 amide bonds. The molecule has 54 valence electrons. The predicted molar refractivity (Wildman–Crippen MR) is 31.7 cm³/mol. The minimum atomic E-state index is -0.390. The van der Waals surface area contributed by atoms with Gasteiger partial charge in [-0.05, 0) is 0 Å². The van der Waals surface area contributed by atoms with Gasteiger partial charge in [0.05, 0.1) is 13.2 Å². The van der Waals surface area contributed by atoms with Crippen LogP contribution in [0.4, 0.5) is 0 Å². The normalized spacial score (nSPS) is 30.7. The largest absolute Gasteiger partial charge is 0.783 e. The third-order valence-electron chi connectivity index (χ3n) is 1.31. The molecule has 0 saturated carbocycles. The number of rotatable bonds is 1. The molecule has 4 nitrogen and oxygen atoms in total. The summed E-state index contributed by atoms with van der Waals surface area (Å²) in [5.74, 6) is 0. The highest BCUT2D eigenvalue weighted by atomic mass is 16.6. The molecule has 0 radical (unpaired) electrons. The SMILES string of the molecule is COC1COCCN1[O-]. The molecule has 0 bridgehead atoms. The van der Waals surface area contributed by atoms with Gasteiger partial charge in [-0.3, -0.25) is 0 Å². The fraction of sp³-hybridized carbons (Fsp3) is 1.00. The van der Waals surface area contributed by atoms with Crippen molar-refractivity contribution >= 4 is 0 Å². The fourth-order valence-electron chi connectivity index (χ4n) is 0.751. The van der Waals surface area contributed by atoms with Crippen LogP contribution >= 0.6 is 0 Å². The highest BCUT2D eigenvalue weighted by molar-refractivity contribution is 4.66. The number of methoxy groups -OCH3 is 1. The van der Waals surface area contributed by atoms with E-state index in [1.165, 1.54) is 7.11 Å². The van der Waals surface area contributed by atoms with Crippen LogP contribution in [-0.4, -0.2) is 38.2 Å². The van der Waals surface area contributed by atoms with Gasteiger partial charge in [-0.2, -0.15) is 0 Å². The maximum absolute atomic E-state index is 10.7. The lowest BCUT2D eigenvalue weighted by Gasteiger charge is -2.39. The summed E-state index contributed by atoms with van der Waals surface area (Å²) >= 11 is 0. The van der Waals surface area contributed by atoms with E-state index in [0.29, 0.717) is 19.8 Å². The Morgan fingerprint density at radius 2 is 2.56 bits per heavy atom. The Kier molecular flexibility index (Phi) is 2.41. The van der Waals surface area contributed by atoms with Crippen molar-refractivity contribution in [1.82, 2.24) is 5.06 Å². The van der Waals surface area contributed by atoms with Crippen LogP contribution in [-0.2, 0) is 9.47 Å². The van der Waals surface area contributed by atoms with Crippen LogP contribution in [0, 0.1) is 5.21 Å². The van der Waals surface area contributed by atoms with E-state index in [9.17, 15) is 5.21 Å². The van der Waals surface area contributed by atoms with Gasteiger partial charge >= 0.3 is 0 Å². The zero-order valence-electron chi connectivity index (χ0n) is 5.37. The van der Waals surface area contributed by atoms with E-state index in [1.807, 2.05) is 0 Å². The summed E-state index contributed by atoms with van der Waals surface area (Å²) in [6.45, 7) is 1.32. The Morgan fingerprint density at radius 3 is 3.00 bits per heavy atom. The third kappa shape index (κ3) is 1.62. The zero-order chi connectivity index (χ0) is 6.69. The van der Waals surface area contributed by atoms with E-state index in [0.717, 1.165) is 5.06 Å². The summed E-state index contributed by atoms with van der Waals surface area (Å²) < 4.78 is 9.77. The summed E-state index contributed by atoms with van der Waals surface area (Å²) in [5, 5.41) is 11.6. The maximum atomic E-state index is 10.7. The number of morpholine rings is 1. The van der Waals surface area contributed by atoms with Crippen LogP contribution in [0.1, 0.15) is 0 Å². The van der Waals surface area contributed by atoms with Crippen LogP contribution in [0.5, 0.6) is 0 Å². The summed E-state index contributed by atoms with van der Waals surface area (Å²) in [4.78, 5) is 0. The Bertz CT molecular complexity index is 88.3. The van der Waals surface area contributed by atoms with E-state index in [1.54, 1.807) is 0 Å². The van der Waals surface area contributed by atoms with E-state index in [4.69, 9.17) is 9.47 Å². The number of ether oxygens (including phenoxy) is 2. The first-order chi connectivity index (χ1) is 4.34. The number of hydrogen-bond acceptors (Lipinski definition) is 4. The van der Waals surface area contributed by atoms with Gasteiger partial charge in [0, 0.05) is 13.7 Å². The molecule has 0 N–H and O–H groups in total. The molecule has 9 heavy (non-hydrogen) atoms. The van der Waals surface area contributed by atoms with Gasteiger partial charge in [0.25, 0.3) is 0 Å². The molecule has 1 fully saturated rings. The lowest BCUT2D eigenvalue weighted by molar-refractivity contribution is -0.104. The van der Waals surface area contributed by atoms with E-state index in [-0.39, 0.29) is 0 Å². The van der Waals surface area contributed by atoms with Crippen molar-refractivity contribution in [3.63, 3.8) is 0 Å². The van der Waals surface area contributed by atoms with Gasteiger partial charge in [-0.1, -0.05) is 0 Å². The molecule has 1 saturated heterocycles. The second-order valence-electron chi connectivity index (χ2n) is 1.91. The monoisotopic (exact) mass is 132 g/mol. The quantitative estimate of drug-likeness (QED) is 0.495. The van der Waals surface area contributed by atoms with Gasteiger partial charge in [-0.15, -0.1) is 0 Å². The molecule has 1 heterocycles. The van der Waals surface area contributed by atoms with Gasteiger partial charge in [0.2, 0.25) is 0 Å². The van der Waals surface area contributed by atoms with Crippen LogP contribution in [0.3, 0.4) is 0 Å². The van der Waals surface area contributed by atoms with Gasteiger partial charge < -0.3 is 19.7 Å². The van der Waals surface area contributed by atoms with Crippen molar-refractivity contribution in [3.05, 3.63) is 5.21 Å². The number of hydroxylamine groups is 2. The first-order valence-electron chi connectivity index (χ1n) is 2.89.